The van der Waals surface area contributed by atoms with Crippen molar-refractivity contribution < 1.29 is 39.6 Å². The Balaban J connectivity index is 1.31. The number of nitrogens with zero attached hydrogens (tertiary/aromatic N) is 6. The molecule has 2 aromatic heterocycles. The molecule has 4 heterocycles. The molecule has 0 spiro atoms. The lowest BCUT2D eigenvalue weighted by Gasteiger charge is -2.30. The van der Waals surface area contributed by atoms with Gasteiger partial charge in [0, 0.05) is 37.7 Å². The van der Waals surface area contributed by atoms with Crippen LogP contribution in [-0.2, 0) is 27.4 Å². The number of nitrogens with two attached hydrogens (primary N) is 1. The van der Waals surface area contributed by atoms with Gasteiger partial charge in [0.25, 0.3) is 5.92 Å². The Morgan fingerprint density at radius 2 is 1.73 bits per heavy atom. The number of piperidine rings is 1. The van der Waals surface area contributed by atoms with Crippen LogP contribution in [0.5, 0.6) is 0 Å². The molecule has 1 fully saturated rings. The smallest absolute Gasteiger partial charge is 0.403 e. The molecule has 2 aliphatic rings. The largest absolute Gasteiger partial charge is 0.435 e. The van der Waals surface area contributed by atoms with E-state index in [-0.39, 0.29) is 60.5 Å². The molecular formula is C27H24F5N7O4S. The topological polar surface area (TPSA) is 140 Å². The van der Waals surface area contributed by atoms with Gasteiger partial charge in [-0.3, -0.25) is 4.79 Å². The molecule has 6 rings (SSSR count). The van der Waals surface area contributed by atoms with Gasteiger partial charge in [-0.25, -0.2) is 21.9 Å². The van der Waals surface area contributed by atoms with Gasteiger partial charge in [-0.15, -0.1) is 5.10 Å². The molecule has 11 nitrogen and oxygen atoms in total. The average Bonchev–Trinajstić information content (AvgIpc) is 3.65. The first-order valence-electron chi connectivity index (χ1n) is 13.3. The number of alkyl halides is 5. The van der Waals surface area contributed by atoms with E-state index in [0.29, 0.717) is 11.3 Å². The fraction of sp³-hybridized carbons (Fsp3) is 0.333. The van der Waals surface area contributed by atoms with Crippen molar-refractivity contribution in [1.82, 2.24) is 20.0 Å². The normalized spacial score (nSPS) is 20.0. The number of hydrogen-bond acceptors (Lipinski definition) is 9. The summed E-state index contributed by atoms with van der Waals surface area (Å²) < 4.78 is 99.2. The third kappa shape index (κ3) is 5.76. The highest BCUT2D eigenvalue weighted by molar-refractivity contribution is 7.91. The van der Waals surface area contributed by atoms with Crippen molar-refractivity contribution >= 4 is 27.4 Å². The second-order valence-electron chi connectivity index (χ2n) is 10.5. The number of rotatable bonds is 5. The third-order valence-electron chi connectivity index (χ3n) is 7.41. The van der Waals surface area contributed by atoms with Crippen molar-refractivity contribution in [2.24, 2.45) is 5.73 Å². The number of benzene rings is 2. The molecule has 4 aromatic rings. The maximum Gasteiger partial charge on any atom is 0.435 e. The van der Waals surface area contributed by atoms with Gasteiger partial charge in [0.2, 0.25) is 11.8 Å². The SMILES string of the molecule is N[C@H]1CS(=O)(=O)c2ccc(-c3nnc(N4CCC(F)(F)CC4)o3)cc2N(Cc2ccc(-n3ccc(C(F)(F)F)n3)cc2)C1=O. The molecule has 0 saturated carbocycles. The van der Waals surface area contributed by atoms with E-state index < -0.39 is 45.3 Å². The average molecular weight is 638 g/mol. The van der Waals surface area contributed by atoms with Crippen LogP contribution in [0.25, 0.3) is 17.1 Å². The highest BCUT2D eigenvalue weighted by atomic mass is 32.2. The zero-order valence-electron chi connectivity index (χ0n) is 22.7. The summed E-state index contributed by atoms with van der Waals surface area (Å²) in [7, 11) is -4.00. The first kappa shape index (κ1) is 29.7. The van der Waals surface area contributed by atoms with E-state index in [1.165, 1.54) is 46.3 Å². The summed E-state index contributed by atoms with van der Waals surface area (Å²) in [5, 5.41) is 11.5. The molecule has 232 valence electrons. The monoisotopic (exact) mass is 637 g/mol. The van der Waals surface area contributed by atoms with Crippen molar-refractivity contribution in [3.8, 4) is 17.1 Å². The van der Waals surface area contributed by atoms with Crippen LogP contribution < -0.4 is 15.5 Å². The minimum absolute atomic E-state index is 0.0136. The number of aromatic nitrogens is 4. The lowest BCUT2D eigenvalue weighted by molar-refractivity contribution is -0.141. The van der Waals surface area contributed by atoms with E-state index in [1.54, 1.807) is 12.1 Å². The third-order valence-corrected chi connectivity index (χ3v) is 9.23. The molecule has 1 amide bonds. The second kappa shape index (κ2) is 10.7. The maximum atomic E-state index is 13.6. The number of hydrogen-bond donors (Lipinski definition) is 1. The van der Waals surface area contributed by atoms with Gasteiger partial charge in [-0.05, 0) is 42.0 Å². The summed E-state index contributed by atoms with van der Waals surface area (Å²) in [5.41, 5.74) is 6.10. The molecule has 44 heavy (non-hydrogen) atoms. The highest BCUT2D eigenvalue weighted by Crippen LogP contribution is 2.37. The Labute approximate surface area is 247 Å². The molecule has 0 bridgehead atoms. The summed E-state index contributed by atoms with van der Waals surface area (Å²) in [5.74, 6) is -4.08. The fourth-order valence-corrected chi connectivity index (χ4v) is 6.60. The van der Waals surface area contributed by atoms with Crippen molar-refractivity contribution in [1.29, 1.82) is 0 Å². The Kier molecular flexibility index (Phi) is 7.19. The first-order chi connectivity index (χ1) is 20.7. The second-order valence-corrected chi connectivity index (χ2v) is 12.5. The quantitative estimate of drug-likeness (QED) is 0.324. The van der Waals surface area contributed by atoms with Crippen molar-refractivity contribution in [3.63, 3.8) is 0 Å². The molecule has 1 saturated heterocycles. The van der Waals surface area contributed by atoms with Crippen LogP contribution in [0.4, 0.5) is 33.7 Å². The van der Waals surface area contributed by atoms with Crippen LogP contribution in [0.2, 0.25) is 0 Å². The number of halogens is 5. The number of carbonyl (C=O) groups is 1. The molecule has 0 aliphatic carbocycles. The number of fused-ring (bicyclic) bond motifs is 1. The summed E-state index contributed by atoms with van der Waals surface area (Å²) in [4.78, 5) is 16.0. The zero-order valence-corrected chi connectivity index (χ0v) is 23.5. The summed E-state index contributed by atoms with van der Waals surface area (Å²) in [6, 6.07) is 9.81. The van der Waals surface area contributed by atoms with Gasteiger partial charge in [-0.1, -0.05) is 17.2 Å². The molecule has 2 N–H and O–H groups in total. The van der Waals surface area contributed by atoms with E-state index in [1.807, 2.05) is 0 Å². The Bertz CT molecular complexity index is 1810. The molecule has 0 radical (unpaired) electrons. The number of amides is 1. The Morgan fingerprint density at radius 1 is 1.02 bits per heavy atom. The molecule has 1 atom stereocenters. The van der Waals surface area contributed by atoms with Crippen LogP contribution in [0, 0.1) is 0 Å². The fourth-order valence-electron chi connectivity index (χ4n) is 5.04. The van der Waals surface area contributed by atoms with Gasteiger partial charge >= 0.3 is 12.2 Å². The minimum Gasteiger partial charge on any atom is -0.403 e. The van der Waals surface area contributed by atoms with Gasteiger partial charge in [0.05, 0.1) is 34.6 Å². The van der Waals surface area contributed by atoms with E-state index in [9.17, 15) is 35.2 Å². The van der Waals surface area contributed by atoms with Gasteiger partial charge in [0.15, 0.2) is 15.5 Å². The van der Waals surface area contributed by atoms with Crippen molar-refractivity contribution in [2.45, 2.75) is 42.4 Å². The van der Waals surface area contributed by atoms with Crippen LogP contribution >= 0.6 is 0 Å². The zero-order chi connectivity index (χ0) is 31.4. The van der Waals surface area contributed by atoms with Crippen LogP contribution in [-0.4, -0.2) is 65.1 Å². The first-order valence-corrected chi connectivity index (χ1v) is 15.0. The lowest BCUT2D eigenvalue weighted by atomic mass is 10.1. The maximum absolute atomic E-state index is 13.6. The predicted molar refractivity (Wildman–Crippen MR) is 146 cm³/mol. The van der Waals surface area contributed by atoms with Gasteiger partial charge in [-0.2, -0.15) is 18.3 Å². The summed E-state index contributed by atoms with van der Waals surface area (Å²) >= 11 is 0. The predicted octanol–water partition coefficient (Wildman–Crippen LogP) is 3.82. The van der Waals surface area contributed by atoms with Crippen molar-refractivity contribution in [2.75, 3.05) is 28.6 Å². The molecular weight excluding hydrogens is 613 g/mol. The molecule has 2 aromatic carbocycles. The van der Waals surface area contributed by atoms with Crippen LogP contribution in [0.1, 0.15) is 24.1 Å². The summed E-state index contributed by atoms with van der Waals surface area (Å²) in [6.07, 6.45) is -4.16. The van der Waals surface area contributed by atoms with E-state index in [0.717, 1.165) is 10.7 Å². The van der Waals surface area contributed by atoms with Crippen LogP contribution in [0.15, 0.2) is 64.0 Å². The van der Waals surface area contributed by atoms with E-state index in [4.69, 9.17) is 10.2 Å². The van der Waals surface area contributed by atoms with E-state index >= 15 is 0 Å². The molecule has 17 heteroatoms. The van der Waals surface area contributed by atoms with Gasteiger partial charge in [0.1, 0.15) is 0 Å². The Morgan fingerprint density at radius 3 is 2.39 bits per heavy atom. The van der Waals surface area contributed by atoms with Gasteiger partial charge < -0.3 is 20.0 Å². The number of anilines is 2. The standard InChI is InChI=1S/C27H24F5N7O4S/c28-26(29)8-11-37(12-9-26)25-35-34-23(43-25)17-3-6-21-20(13-17)38(24(40)19(33)15-44(21,41)42)14-16-1-4-18(5-2-16)39-10-7-22(36-39)27(30,31)32/h1-7,10,13,19H,8-9,11-12,14-15,33H2/t19-/m0/s1. The highest BCUT2D eigenvalue weighted by Gasteiger charge is 2.38. The number of carbonyl (C=O) groups excluding carboxylic acids is 1. The Hall–Kier alpha value is -4.38. The molecule has 2 aliphatic heterocycles. The van der Waals surface area contributed by atoms with E-state index in [2.05, 4.69) is 15.3 Å². The van der Waals surface area contributed by atoms with Crippen LogP contribution in [0.3, 0.4) is 0 Å². The molecule has 0 unspecified atom stereocenters. The number of sulfone groups is 1. The summed E-state index contributed by atoms with van der Waals surface area (Å²) in [6.45, 7) is -0.0947. The minimum atomic E-state index is -4.60. The lowest BCUT2D eigenvalue weighted by Crippen LogP contribution is -2.45. The van der Waals surface area contributed by atoms with Crippen molar-refractivity contribution in [3.05, 3.63) is 66.0 Å².